The van der Waals surface area contributed by atoms with Gasteiger partial charge < -0.3 is 14.9 Å². The van der Waals surface area contributed by atoms with Crippen molar-refractivity contribution in [2.24, 2.45) is 0 Å². The molecule has 0 spiro atoms. The van der Waals surface area contributed by atoms with E-state index in [1.165, 1.54) is 6.20 Å². The minimum atomic E-state index is -1.47. The van der Waals surface area contributed by atoms with Gasteiger partial charge >= 0.3 is 7.12 Å². The van der Waals surface area contributed by atoms with Crippen molar-refractivity contribution in [3.63, 3.8) is 0 Å². The summed E-state index contributed by atoms with van der Waals surface area (Å²) in [6.45, 7) is 2.86. The van der Waals surface area contributed by atoms with E-state index in [2.05, 4.69) is 20.9 Å². The zero-order chi connectivity index (χ0) is 10.7. The Morgan fingerprint density at radius 1 is 1.57 bits per heavy atom. The van der Waals surface area contributed by atoms with Crippen molar-refractivity contribution >= 4 is 34.3 Å². The Hall–Kier alpha value is -0.585. The lowest BCUT2D eigenvalue weighted by molar-refractivity contribution is 0.425. The van der Waals surface area contributed by atoms with E-state index in [4.69, 9.17) is 10.0 Å². The Labute approximate surface area is 91.9 Å². The van der Waals surface area contributed by atoms with E-state index in [-0.39, 0.29) is 0 Å². The van der Waals surface area contributed by atoms with Crippen molar-refractivity contribution in [1.29, 1.82) is 0 Å². The molecule has 2 N–H and O–H groups in total. The molecule has 0 unspecified atom stereocenters. The fraction of sp³-hybridized carbons (Fsp3) is 0.375. The van der Waals surface area contributed by atoms with Crippen molar-refractivity contribution in [3.05, 3.63) is 16.7 Å². The molecule has 0 saturated heterocycles. The highest BCUT2D eigenvalue weighted by Gasteiger charge is 2.14. The first kappa shape index (κ1) is 11.5. The van der Waals surface area contributed by atoms with Gasteiger partial charge in [0.05, 0.1) is 4.47 Å². The second-order valence-electron chi connectivity index (χ2n) is 2.96. The van der Waals surface area contributed by atoms with Crippen LogP contribution in [0.4, 0.5) is 5.82 Å². The standard InChI is InChI=1S/C8H12BBrN2O2/c1-3-12(2)8-7(10)4-6(5-11-8)9(13)14/h4-5,13-14H,3H2,1-2H3. The number of rotatable bonds is 3. The molecule has 6 heteroatoms. The van der Waals surface area contributed by atoms with Gasteiger partial charge in [0.1, 0.15) is 5.82 Å². The van der Waals surface area contributed by atoms with Crippen LogP contribution in [-0.2, 0) is 0 Å². The summed E-state index contributed by atoms with van der Waals surface area (Å²) in [5.41, 5.74) is 0.380. The predicted octanol–water partition coefficient (Wildman–Crippen LogP) is -0.0200. The van der Waals surface area contributed by atoms with Gasteiger partial charge in [-0.25, -0.2) is 4.98 Å². The SMILES string of the molecule is CCN(C)c1ncc(B(O)O)cc1Br. The second kappa shape index (κ2) is 4.77. The first-order valence-corrected chi connectivity index (χ1v) is 5.08. The predicted molar refractivity (Wildman–Crippen MR) is 60.7 cm³/mol. The molecular formula is C8H12BBrN2O2. The number of pyridine rings is 1. The number of hydrogen-bond acceptors (Lipinski definition) is 4. The Balaban J connectivity index is 3.01. The first-order valence-electron chi connectivity index (χ1n) is 4.29. The number of hydrogen-bond donors (Lipinski definition) is 2. The lowest BCUT2D eigenvalue weighted by Crippen LogP contribution is -2.31. The van der Waals surface area contributed by atoms with Crippen LogP contribution >= 0.6 is 15.9 Å². The zero-order valence-corrected chi connectivity index (χ0v) is 9.69. The van der Waals surface area contributed by atoms with Crippen molar-refractivity contribution in [3.8, 4) is 0 Å². The molecule has 0 fully saturated rings. The average molecular weight is 259 g/mol. The smallest absolute Gasteiger partial charge is 0.423 e. The van der Waals surface area contributed by atoms with Crippen LogP contribution in [0.2, 0.25) is 0 Å². The lowest BCUT2D eigenvalue weighted by atomic mass is 9.82. The van der Waals surface area contributed by atoms with Crippen LogP contribution in [-0.4, -0.2) is 35.7 Å². The maximum Gasteiger partial charge on any atom is 0.490 e. The normalized spacial score (nSPS) is 10.1. The summed E-state index contributed by atoms with van der Waals surface area (Å²) in [5, 5.41) is 17.8. The Morgan fingerprint density at radius 3 is 2.64 bits per heavy atom. The van der Waals surface area contributed by atoms with E-state index in [0.717, 1.165) is 16.8 Å². The molecule has 0 aromatic carbocycles. The number of nitrogens with zero attached hydrogens (tertiary/aromatic N) is 2. The maximum atomic E-state index is 8.92. The topological polar surface area (TPSA) is 56.6 Å². The molecule has 0 aliphatic carbocycles. The van der Waals surface area contributed by atoms with Crippen LogP contribution in [0.5, 0.6) is 0 Å². The minimum absolute atomic E-state index is 0.380. The highest BCUT2D eigenvalue weighted by Crippen LogP contribution is 2.20. The van der Waals surface area contributed by atoms with Crippen molar-refractivity contribution in [1.82, 2.24) is 4.98 Å². The van der Waals surface area contributed by atoms with Gasteiger partial charge in [-0.2, -0.15) is 0 Å². The van der Waals surface area contributed by atoms with Crippen LogP contribution < -0.4 is 10.4 Å². The fourth-order valence-electron chi connectivity index (χ4n) is 1.02. The largest absolute Gasteiger partial charge is 0.490 e. The number of halogens is 1. The van der Waals surface area contributed by atoms with Crippen LogP contribution in [0.25, 0.3) is 0 Å². The molecule has 0 saturated carbocycles. The zero-order valence-electron chi connectivity index (χ0n) is 8.11. The summed E-state index contributed by atoms with van der Waals surface area (Å²) in [4.78, 5) is 6.09. The van der Waals surface area contributed by atoms with Crippen LogP contribution in [0.1, 0.15) is 6.92 Å². The molecule has 76 valence electrons. The first-order chi connectivity index (χ1) is 6.56. The summed E-state index contributed by atoms with van der Waals surface area (Å²) in [6, 6.07) is 1.65. The number of aromatic nitrogens is 1. The van der Waals surface area contributed by atoms with E-state index in [1.807, 2.05) is 18.9 Å². The van der Waals surface area contributed by atoms with Crippen molar-refractivity contribution in [2.75, 3.05) is 18.5 Å². The molecule has 1 heterocycles. The monoisotopic (exact) mass is 258 g/mol. The fourth-order valence-corrected chi connectivity index (χ4v) is 1.69. The minimum Gasteiger partial charge on any atom is -0.423 e. The second-order valence-corrected chi connectivity index (χ2v) is 3.82. The molecule has 0 radical (unpaired) electrons. The van der Waals surface area contributed by atoms with Gasteiger partial charge in [-0.1, -0.05) is 0 Å². The summed E-state index contributed by atoms with van der Waals surface area (Å²) in [6.07, 6.45) is 1.46. The van der Waals surface area contributed by atoms with E-state index >= 15 is 0 Å². The Bertz CT molecular complexity index is 322. The highest BCUT2D eigenvalue weighted by atomic mass is 79.9. The molecule has 1 rings (SSSR count). The highest BCUT2D eigenvalue weighted by molar-refractivity contribution is 9.10. The summed E-state index contributed by atoms with van der Waals surface area (Å²) < 4.78 is 0.757. The van der Waals surface area contributed by atoms with Gasteiger partial charge in [-0.05, 0) is 28.9 Å². The molecular weight excluding hydrogens is 247 g/mol. The molecule has 0 bridgehead atoms. The maximum absolute atomic E-state index is 8.92. The quantitative estimate of drug-likeness (QED) is 0.749. The Morgan fingerprint density at radius 2 is 2.21 bits per heavy atom. The van der Waals surface area contributed by atoms with Gasteiger partial charge in [0.15, 0.2) is 0 Å². The molecule has 1 aromatic rings. The molecule has 0 aliphatic heterocycles. The number of anilines is 1. The lowest BCUT2D eigenvalue weighted by Gasteiger charge is -2.17. The third-order valence-corrected chi connectivity index (χ3v) is 2.56. The van der Waals surface area contributed by atoms with Gasteiger partial charge in [0.25, 0.3) is 0 Å². The summed E-state index contributed by atoms with van der Waals surface area (Å²) in [7, 11) is 0.446. The van der Waals surface area contributed by atoms with E-state index in [1.54, 1.807) is 6.07 Å². The molecule has 0 aliphatic rings. The third kappa shape index (κ3) is 2.46. The van der Waals surface area contributed by atoms with E-state index in [9.17, 15) is 0 Å². The molecule has 0 amide bonds. The van der Waals surface area contributed by atoms with Gasteiger partial charge in [-0.3, -0.25) is 0 Å². The average Bonchev–Trinajstić information content (AvgIpc) is 2.16. The van der Waals surface area contributed by atoms with Crippen molar-refractivity contribution in [2.45, 2.75) is 6.92 Å². The third-order valence-electron chi connectivity index (χ3n) is 1.98. The van der Waals surface area contributed by atoms with Gasteiger partial charge in [0.2, 0.25) is 0 Å². The van der Waals surface area contributed by atoms with E-state index < -0.39 is 7.12 Å². The molecule has 0 atom stereocenters. The van der Waals surface area contributed by atoms with Crippen LogP contribution in [0, 0.1) is 0 Å². The van der Waals surface area contributed by atoms with Crippen LogP contribution in [0.3, 0.4) is 0 Å². The summed E-state index contributed by atoms with van der Waals surface area (Å²) in [5.74, 6) is 0.789. The van der Waals surface area contributed by atoms with Gasteiger partial charge in [0, 0.05) is 25.3 Å². The Kier molecular flexibility index (Phi) is 3.91. The molecule has 1 aromatic heterocycles. The summed E-state index contributed by atoms with van der Waals surface area (Å²) >= 11 is 3.33. The molecule has 14 heavy (non-hydrogen) atoms. The molecule has 4 nitrogen and oxygen atoms in total. The van der Waals surface area contributed by atoms with E-state index in [0.29, 0.717) is 5.46 Å². The van der Waals surface area contributed by atoms with Crippen molar-refractivity contribution < 1.29 is 10.0 Å². The van der Waals surface area contributed by atoms with Gasteiger partial charge in [-0.15, -0.1) is 0 Å². The van der Waals surface area contributed by atoms with Crippen LogP contribution in [0.15, 0.2) is 16.7 Å².